The second-order valence-corrected chi connectivity index (χ2v) is 6.41. The molecule has 0 amide bonds. The molecule has 0 aliphatic heterocycles. The Kier molecular flexibility index (Phi) is 6.14. The highest BCUT2D eigenvalue weighted by atomic mass is 35.5. The van der Waals surface area contributed by atoms with E-state index in [0.717, 1.165) is 22.3 Å². The average molecular weight is 385 g/mol. The normalized spacial score (nSPS) is 11.8. The van der Waals surface area contributed by atoms with Crippen LogP contribution in [-0.2, 0) is 16.1 Å². The number of carbonyl (C=O) groups excluding carboxylic acids is 1. The molecule has 1 atom stereocenters. The minimum absolute atomic E-state index is 0.338. The van der Waals surface area contributed by atoms with Gasteiger partial charge in [-0.25, -0.2) is 4.79 Å². The van der Waals surface area contributed by atoms with Gasteiger partial charge in [-0.3, -0.25) is 4.98 Å². The molecule has 3 rings (SSSR count). The number of carbonyl (C=O) groups is 1. The summed E-state index contributed by atoms with van der Waals surface area (Å²) in [6, 6.07) is 17.0. The van der Waals surface area contributed by atoms with Gasteiger partial charge in [0.15, 0.2) is 6.10 Å². The van der Waals surface area contributed by atoms with Crippen molar-refractivity contribution in [1.29, 1.82) is 0 Å². The van der Waals surface area contributed by atoms with Crippen molar-refractivity contribution >= 4 is 34.2 Å². The zero-order chi connectivity index (χ0) is 19.2. The van der Waals surface area contributed by atoms with Crippen LogP contribution in [0, 0.1) is 0 Å². The predicted molar refractivity (Wildman–Crippen MR) is 107 cm³/mol. The molecular formula is C21H21ClN2O3. The molecule has 0 saturated carbocycles. The number of ether oxygens (including phenoxy) is 2. The summed E-state index contributed by atoms with van der Waals surface area (Å²) < 4.78 is 10.5. The molecule has 6 heteroatoms. The molecule has 5 nitrogen and oxygen atoms in total. The maximum absolute atomic E-state index is 11.6. The van der Waals surface area contributed by atoms with E-state index in [9.17, 15) is 4.79 Å². The third-order valence-electron chi connectivity index (χ3n) is 4.00. The van der Waals surface area contributed by atoms with Crippen LogP contribution in [0.25, 0.3) is 10.9 Å². The number of esters is 1. The van der Waals surface area contributed by atoms with Gasteiger partial charge in [0.1, 0.15) is 5.75 Å². The maximum Gasteiger partial charge on any atom is 0.347 e. The van der Waals surface area contributed by atoms with E-state index >= 15 is 0 Å². The fraction of sp³-hybridized carbons (Fsp3) is 0.238. The number of anilines is 1. The number of rotatable bonds is 7. The first-order valence-corrected chi connectivity index (χ1v) is 9.16. The first kappa shape index (κ1) is 19.0. The number of hydrogen-bond donors (Lipinski definition) is 1. The largest absolute Gasteiger partial charge is 0.479 e. The number of benzene rings is 2. The minimum Gasteiger partial charge on any atom is -0.479 e. The van der Waals surface area contributed by atoms with Gasteiger partial charge in [0.05, 0.1) is 24.4 Å². The first-order chi connectivity index (χ1) is 13.1. The number of nitrogens with zero attached hydrogens (tertiary/aromatic N) is 1. The van der Waals surface area contributed by atoms with E-state index < -0.39 is 6.10 Å². The molecule has 140 valence electrons. The molecule has 27 heavy (non-hydrogen) atoms. The molecule has 1 heterocycles. The Balaban J connectivity index is 1.59. The van der Waals surface area contributed by atoms with Gasteiger partial charge < -0.3 is 14.8 Å². The lowest BCUT2D eigenvalue weighted by molar-refractivity contribution is -0.150. The Morgan fingerprint density at radius 3 is 2.67 bits per heavy atom. The molecule has 3 aromatic rings. The smallest absolute Gasteiger partial charge is 0.347 e. The van der Waals surface area contributed by atoms with Crippen molar-refractivity contribution < 1.29 is 14.3 Å². The molecule has 0 aliphatic rings. The minimum atomic E-state index is -0.641. The van der Waals surface area contributed by atoms with Crippen LogP contribution in [0.5, 0.6) is 5.75 Å². The van der Waals surface area contributed by atoms with Crippen molar-refractivity contribution in [2.24, 2.45) is 0 Å². The van der Waals surface area contributed by atoms with E-state index in [1.165, 1.54) is 0 Å². The number of halogens is 1. The summed E-state index contributed by atoms with van der Waals surface area (Å²) in [7, 11) is 0. The summed E-state index contributed by atoms with van der Waals surface area (Å²) in [5.74, 6) is 0.238. The molecule has 2 aromatic carbocycles. The van der Waals surface area contributed by atoms with Gasteiger partial charge in [0.2, 0.25) is 0 Å². The molecule has 0 fully saturated rings. The van der Waals surface area contributed by atoms with Crippen molar-refractivity contribution in [2.75, 3.05) is 11.9 Å². The van der Waals surface area contributed by atoms with E-state index in [1.54, 1.807) is 13.8 Å². The molecule has 0 spiro atoms. The monoisotopic (exact) mass is 384 g/mol. The molecule has 1 unspecified atom stereocenters. The Hall–Kier alpha value is -2.79. The van der Waals surface area contributed by atoms with E-state index in [2.05, 4.69) is 10.3 Å². The quantitative estimate of drug-likeness (QED) is 0.591. The molecule has 1 aromatic heterocycles. The summed E-state index contributed by atoms with van der Waals surface area (Å²) >= 11 is 6.17. The number of fused-ring (bicyclic) bond motifs is 1. The molecule has 0 saturated heterocycles. The standard InChI is InChI=1S/C21H21ClN2O3/c1-3-26-21(25)14(2)27-17-10-7-15(8-11-17)23-13-16-9-12-18-19(22)5-4-6-20(18)24-16/h4-12,14,23H,3,13H2,1-2H3. The van der Waals surface area contributed by atoms with E-state index in [0.29, 0.717) is 23.9 Å². The van der Waals surface area contributed by atoms with E-state index in [1.807, 2.05) is 54.6 Å². The van der Waals surface area contributed by atoms with Gasteiger partial charge in [-0.2, -0.15) is 0 Å². The van der Waals surface area contributed by atoms with E-state index in [-0.39, 0.29) is 5.97 Å². The Morgan fingerprint density at radius 1 is 1.15 bits per heavy atom. The van der Waals surface area contributed by atoms with Gasteiger partial charge in [0, 0.05) is 16.1 Å². The topological polar surface area (TPSA) is 60.5 Å². The zero-order valence-corrected chi connectivity index (χ0v) is 16.0. The van der Waals surface area contributed by atoms with Crippen molar-refractivity contribution in [3.05, 3.63) is 65.3 Å². The van der Waals surface area contributed by atoms with Crippen molar-refractivity contribution in [3.63, 3.8) is 0 Å². The Morgan fingerprint density at radius 2 is 1.93 bits per heavy atom. The van der Waals surface area contributed by atoms with Crippen LogP contribution >= 0.6 is 11.6 Å². The third kappa shape index (κ3) is 4.89. The van der Waals surface area contributed by atoms with Crippen molar-refractivity contribution in [2.45, 2.75) is 26.5 Å². The van der Waals surface area contributed by atoms with Gasteiger partial charge in [-0.1, -0.05) is 17.7 Å². The fourth-order valence-electron chi connectivity index (χ4n) is 2.61. The highest BCUT2D eigenvalue weighted by molar-refractivity contribution is 6.35. The molecule has 0 radical (unpaired) electrons. The van der Waals surface area contributed by atoms with Crippen LogP contribution in [0.4, 0.5) is 5.69 Å². The Bertz CT molecular complexity index is 928. The van der Waals surface area contributed by atoms with Gasteiger partial charge in [0.25, 0.3) is 0 Å². The Labute approximate surface area is 163 Å². The third-order valence-corrected chi connectivity index (χ3v) is 4.33. The lowest BCUT2D eigenvalue weighted by Crippen LogP contribution is -2.26. The van der Waals surface area contributed by atoms with Gasteiger partial charge in [-0.15, -0.1) is 0 Å². The highest BCUT2D eigenvalue weighted by Crippen LogP contribution is 2.22. The SMILES string of the molecule is CCOC(=O)C(C)Oc1ccc(NCc2ccc3c(Cl)cccc3n2)cc1. The van der Waals surface area contributed by atoms with Crippen LogP contribution < -0.4 is 10.1 Å². The maximum atomic E-state index is 11.6. The lowest BCUT2D eigenvalue weighted by atomic mass is 10.2. The molecule has 0 bridgehead atoms. The van der Waals surface area contributed by atoms with Crippen molar-refractivity contribution in [1.82, 2.24) is 4.98 Å². The van der Waals surface area contributed by atoms with Gasteiger partial charge in [-0.05, 0) is 62.4 Å². The van der Waals surface area contributed by atoms with E-state index in [4.69, 9.17) is 21.1 Å². The molecule has 1 N–H and O–H groups in total. The van der Waals surface area contributed by atoms with Gasteiger partial charge >= 0.3 is 5.97 Å². The zero-order valence-electron chi connectivity index (χ0n) is 15.2. The summed E-state index contributed by atoms with van der Waals surface area (Å²) in [5.41, 5.74) is 2.72. The molecule has 0 aliphatic carbocycles. The van der Waals surface area contributed by atoms with Crippen LogP contribution in [-0.4, -0.2) is 23.7 Å². The average Bonchev–Trinajstić information content (AvgIpc) is 2.67. The number of hydrogen-bond acceptors (Lipinski definition) is 5. The fourth-order valence-corrected chi connectivity index (χ4v) is 2.85. The van der Waals surface area contributed by atoms with Crippen LogP contribution in [0.1, 0.15) is 19.5 Å². The second-order valence-electron chi connectivity index (χ2n) is 6.00. The second kappa shape index (κ2) is 8.73. The van der Waals surface area contributed by atoms with Crippen LogP contribution in [0.15, 0.2) is 54.6 Å². The number of aromatic nitrogens is 1. The summed E-state index contributed by atoms with van der Waals surface area (Å²) in [4.78, 5) is 16.2. The van der Waals surface area contributed by atoms with Crippen LogP contribution in [0.3, 0.4) is 0 Å². The summed E-state index contributed by atoms with van der Waals surface area (Å²) in [5, 5.41) is 4.97. The summed E-state index contributed by atoms with van der Waals surface area (Å²) in [6.07, 6.45) is -0.641. The lowest BCUT2D eigenvalue weighted by Gasteiger charge is -2.14. The summed E-state index contributed by atoms with van der Waals surface area (Å²) in [6.45, 7) is 4.36. The number of nitrogens with one attached hydrogen (secondary N) is 1. The van der Waals surface area contributed by atoms with Crippen LogP contribution in [0.2, 0.25) is 5.02 Å². The molecular weight excluding hydrogens is 364 g/mol. The van der Waals surface area contributed by atoms with Crippen molar-refractivity contribution in [3.8, 4) is 5.75 Å². The predicted octanol–water partition coefficient (Wildman–Crippen LogP) is 4.83. The highest BCUT2D eigenvalue weighted by Gasteiger charge is 2.15. The first-order valence-electron chi connectivity index (χ1n) is 8.78. The number of pyridine rings is 1.